The van der Waals surface area contributed by atoms with Crippen molar-refractivity contribution in [3.63, 3.8) is 0 Å². The Bertz CT molecular complexity index is 1380. The minimum Gasteiger partial charge on any atom is -0.496 e. The summed E-state index contributed by atoms with van der Waals surface area (Å²) in [7, 11) is 1.62. The molecule has 4 aromatic rings. The molecule has 7 nitrogen and oxygen atoms in total. The number of aromatic nitrogens is 3. The average molecular weight is 459 g/mol. The molecule has 176 valence electrons. The fourth-order valence-corrected chi connectivity index (χ4v) is 4.24. The van der Waals surface area contributed by atoms with Crippen LogP contribution in [-0.4, -0.2) is 27.2 Å². The minimum absolute atomic E-state index is 0.0855. The number of carbonyl (C=O) groups is 1. The van der Waals surface area contributed by atoms with E-state index in [9.17, 15) is 9.59 Å². The van der Waals surface area contributed by atoms with Gasteiger partial charge in [0.05, 0.1) is 12.8 Å². The number of aryl methyl sites for hydroxylation is 2. The van der Waals surface area contributed by atoms with Gasteiger partial charge in [0.25, 0.3) is 5.56 Å². The molecular formula is C27H30N4O3. The second-order valence-corrected chi connectivity index (χ2v) is 8.38. The first-order valence-electron chi connectivity index (χ1n) is 11.5. The van der Waals surface area contributed by atoms with Crippen molar-refractivity contribution in [2.45, 2.75) is 46.7 Å². The molecule has 0 bridgehead atoms. The fourth-order valence-electron chi connectivity index (χ4n) is 4.24. The maximum absolute atomic E-state index is 13.4. The van der Waals surface area contributed by atoms with Crippen LogP contribution in [0.5, 0.6) is 5.75 Å². The predicted molar refractivity (Wildman–Crippen MR) is 133 cm³/mol. The highest BCUT2D eigenvalue weighted by molar-refractivity contribution is 5.76. The van der Waals surface area contributed by atoms with Gasteiger partial charge in [-0.15, -0.1) is 0 Å². The predicted octanol–water partition coefficient (Wildman–Crippen LogP) is 4.06. The van der Waals surface area contributed by atoms with Gasteiger partial charge in [-0.1, -0.05) is 42.0 Å². The third kappa shape index (κ3) is 4.59. The van der Waals surface area contributed by atoms with E-state index in [0.717, 1.165) is 22.5 Å². The summed E-state index contributed by atoms with van der Waals surface area (Å²) < 4.78 is 8.98. The van der Waals surface area contributed by atoms with Gasteiger partial charge in [0.15, 0.2) is 0 Å². The van der Waals surface area contributed by atoms with Crippen LogP contribution in [0, 0.1) is 13.8 Å². The van der Waals surface area contributed by atoms with Gasteiger partial charge >= 0.3 is 0 Å². The van der Waals surface area contributed by atoms with Gasteiger partial charge in [0, 0.05) is 42.4 Å². The molecule has 1 N–H and O–H groups in total. The third-order valence-corrected chi connectivity index (χ3v) is 6.17. The number of nitrogens with one attached hydrogen (secondary N) is 1. The fraction of sp³-hybridized carbons (Fsp3) is 0.296. The van der Waals surface area contributed by atoms with Crippen molar-refractivity contribution in [1.82, 2.24) is 19.5 Å². The van der Waals surface area contributed by atoms with Gasteiger partial charge in [-0.3, -0.25) is 9.59 Å². The Morgan fingerprint density at radius 2 is 1.82 bits per heavy atom. The van der Waals surface area contributed by atoms with E-state index in [1.54, 1.807) is 7.11 Å². The maximum atomic E-state index is 13.4. The number of ether oxygens (including phenoxy) is 1. The molecular weight excluding hydrogens is 428 g/mol. The Morgan fingerprint density at radius 1 is 1.09 bits per heavy atom. The summed E-state index contributed by atoms with van der Waals surface area (Å²) in [5, 5.41) is 7.56. The number of benzene rings is 2. The first-order valence-corrected chi connectivity index (χ1v) is 11.5. The zero-order chi connectivity index (χ0) is 24.2. The molecule has 1 amide bonds. The summed E-state index contributed by atoms with van der Waals surface area (Å²) in [6.45, 7) is 7.14. The van der Waals surface area contributed by atoms with Crippen molar-refractivity contribution in [2.75, 3.05) is 7.11 Å². The van der Waals surface area contributed by atoms with E-state index in [4.69, 9.17) is 4.74 Å². The summed E-state index contributed by atoms with van der Waals surface area (Å²) in [6.07, 6.45) is 0.585. The smallest absolute Gasteiger partial charge is 0.277 e. The number of para-hydroxylation sites is 1. The van der Waals surface area contributed by atoms with E-state index < -0.39 is 0 Å². The molecule has 2 heterocycles. The van der Waals surface area contributed by atoms with Crippen LogP contribution in [0.1, 0.15) is 35.7 Å². The normalized spacial score (nSPS) is 11.1. The lowest BCUT2D eigenvalue weighted by atomic mass is 10.1. The van der Waals surface area contributed by atoms with Crippen LogP contribution >= 0.6 is 0 Å². The Labute approximate surface area is 199 Å². The van der Waals surface area contributed by atoms with Crippen molar-refractivity contribution in [3.8, 4) is 17.0 Å². The quantitative estimate of drug-likeness (QED) is 0.432. The van der Waals surface area contributed by atoms with Gasteiger partial charge in [-0.05, 0) is 44.9 Å². The standard InChI is InChI=1S/C27H30N4O3/c1-5-30-19(3)21(14-15-25(32)28-17-20-12-10-18(2)11-13-20)27(33)31-26(30)16-23(29-31)22-8-6-7-9-24(22)34-4/h6-13,16H,5,14-15,17H2,1-4H3,(H,28,32). The molecule has 4 rings (SSSR count). The largest absolute Gasteiger partial charge is 0.496 e. The van der Waals surface area contributed by atoms with Gasteiger partial charge in [-0.25, -0.2) is 0 Å². The molecule has 0 unspecified atom stereocenters. The topological polar surface area (TPSA) is 77.6 Å². The van der Waals surface area contributed by atoms with E-state index in [1.165, 1.54) is 10.1 Å². The van der Waals surface area contributed by atoms with Crippen molar-refractivity contribution in [2.24, 2.45) is 0 Å². The first-order chi connectivity index (χ1) is 16.4. The number of rotatable bonds is 8. The number of methoxy groups -OCH3 is 1. The summed E-state index contributed by atoms with van der Waals surface area (Å²) >= 11 is 0. The van der Waals surface area contributed by atoms with Crippen molar-refractivity contribution >= 4 is 11.6 Å². The van der Waals surface area contributed by atoms with E-state index >= 15 is 0 Å². The number of hydrogen-bond donors (Lipinski definition) is 1. The second kappa shape index (κ2) is 9.95. The highest BCUT2D eigenvalue weighted by atomic mass is 16.5. The lowest BCUT2D eigenvalue weighted by Crippen LogP contribution is -2.28. The Hall–Kier alpha value is -3.87. The molecule has 0 fully saturated rings. The SMILES string of the molecule is CCn1c(C)c(CCC(=O)NCc2ccc(C)cc2)c(=O)n2nc(-c3ccccc3OC)cc12. The minimum atomic E-state index is -0.190. The number of amides is 1. The Kier molecular flexibility index (Phi) is 6.82. The van der Waals surface area contributed by atoms with E-state index in [1.807, 2.05) is 75.4 Å². The van der Waals surface area contributed by atoms with Gasteiger partial charge in [0.2, 0.25) is 5.91 Å². The van der Waals surface area contributed by atoms with Gasteiger partial charge < -0.3 is 14.6 Å². The molecule has 0 aliphatic rings. The highest BCUT2D eigenvalue weighted by Gasteiger charge is 2.18. The van der Waals surface area contributed by atoms with Crippen molar-refractivity contribution < 1.29 is 9.53 Å². The number of hydrogen-bond acceptors (Lipinski definition) is 4. The molecule has 7 heteroatoms. The molecule has 0 aliphatic carbocycles. The van der Waals surface area contributed by atoms with Crippen LogP contribution in [-0.2, 0) is 24.3 Å². The van der Waals surface area contributed by atoms with Crippen LogP contribution in [0.25, 0.3) is 16.9 Å². The molecule has 34 heavy (non-hydrogen) atoms. The molecule has 2 aromatic carbocycles. The van der Waals surface area contributed by atoms with E-state index in [-0.39, 0.29) is 17.9 Å². The molecule has 0 atom stereocenters. The van der Waals surface area contributed by atoms with Crippen molar-refractivity contribution in [1.29, 1.82) is 0 Å². The van der Waals surface area contributed by atoms with Crippen LogP contribution < -0.4 is 15.6 Å². The van der Waals surface area contributed by atoms with Gasteiger partial charge in [-0.2, -0.15) is 9.61 Å². The molecule has 2 aromatic heterocycles. The second-order valence-electron chi connectivity index (χ2n) is 8.38. The molecule has 0 spiro atoms. The number of fused-ring (bicyclic) bond motifs is 1. The Morgan fingerprint density at radius 3 is 2.53 bits per heavy atom. The lowest BCUT2D eigenvalue weighted by Gasteiger charge is -2.14. The summed E-state index contributed by atoms with van der Waals surface area (Å²) in [6, 6.07) is 17.6. The first kappa shape index (κ1) is 23.3. The zero-order valence-corrected chi connectivity index (χ0v) is 20.1. The van der Waals surface area contributed by atoms with Crippen LogP contribution in [0.4, 0.5) is 0 Å². The molecule has 0 saturated heterocycles. The zero-order valence-electron chi connectivity index (χ0n) is 20.1. The number of nitrogens with zero attached hydrogens (tertiary/aromatic N) is 3. The highest BCUT2D eigenvalue weighted by Crippen LogP contribution is 2.29. The van der Waals surface area contributed by atoms with Gasteiger partial charge in [0.1, 0.15) is 11.4 Å². The molecule has 0 aliphatic heterocycles. The average Bonchev–Trinajstić information content (AvgIpc) is 3.29. The Balaban J connectivity index is 1.59. The summed E-state index contributed by atoms with van der Waals surface area (Å²) in [5.74, 6) is 0.612. The van der Waals surface area contributed by atoms with Crippen LogP contribution in [0.2, 0.25) is 0 Å². The maximum Gasteiger partial charge on any atom is 0.277 e. The van der Waals surface area contributed by atoms with Crippen molar-refractivity contribution in [3.05, 3.63) is 87.3 Å². The lowest BCUT2D eigenvalue weighted by molar-refractivity contribution is -0.121. The molecule has 0 radical (unpaired) electrons. The third-order valence-electron chi connectivity index (χ3n) is 6.17. The van der Waals surface area contributed by atoms with Crippen LogP contribution in [0.15, 0.2) is 59.4 Å². The summed E-state index contributed by atoms with van der Waals surface area (Å²) in [5.41, 5.74) is 5.72. The monoisotopic (exact) mass is 458 g/mol. The van der Waals surface area contributed by atoms with E-state index in [0.29, 0.717) is 36.5 Å². The number of carbonyl (C=O) groups excluding carboxylic acids is 1. The summed E-state index contributed by atoms with van der Waals surface area (Å²) in [4.78, 5) is 25.9. The van der Waals surface area contributed by atoms with E-state index in [2.05, 4.69) is 15.0 Å². The molecule has 0 saturated carbocycles. The van der Waals surface area contributed by atoms with Crippen LogP contribution in [0.3, 0.4) is 0 Å².